The van der Waals surface area contributed by atoms with Crippen molar-refractivity contribution in [2.45, 2.75) is 4.90 Å². The Morgan fingerprint density at radius 1 is 1.45 bits per heavy atom. The van der Waals surface area contributed by atoms with Gasteiger partial charge in [-0.25, -0.2) is 12.8 Å². The number of nitrogens with one attached hydrogen (secondary N) is 1. The number of hydrogen-bond donors (Lipinski definition) is 2. The average molecular weight is 381 g/mol. The van der Waals surface area contributed by atoms with Crippen LogP contribution < -0.4 is 10.5 Å². The highest BCUT2D eigenvalue weighted by atomic mass is 79.9. The molecule has 9 heteroatoms. The highest BCUT2D eigenvalue weighted by Crippen LogP contribution is 2.35. The van der Waals surface area contributed by atoms with Crippen LogP contribution in [0.25, 0.3) is 0 Å². The lowest BCUT2D eigenvalue weighted by Gasteiger charge is -2.11. The topological polar surface area (TPSA) is 85.1 Å². The standard InChI is InChI=1S/C11H8BrClFN3O2S/c12-9-7(13)4-8(10(14)11(9)15)20(18,19)17-6-2-1-3-16-5-6/h1-5,17H,15H2. The first-order valence-electron chi connectivity index (χ1n) is 5.18. The smallest absolute Gasteiger partial charge is 0.265 e. The average Bonchev–Trinajstić information content (AvgIpc) is 2.41. The molecular formula is C11H8BrClFN3O2S. The van der Waals surface area contributed by atoms with E-state index in [-0.39, 0.29) is 20.9 Å². The fourth-order valence-electron chi connectivity index (χ4n) is 1.43. The van der Waals surface area contributed by atoms with Crippen LogP contribution in [0.3, 0.4) is 0 Å². The van der Waals surface area contributed by atoms with Crippen LogP contribution in [0.15, 0.2) is 40.0 Å². The maximum absolute atomic E-state index is 14.0. The lowest BCUT2D eigenvalue weighted by Crippen LogP contribution is -2.16. The number of sulfonamides is 1. The van der Waals surface area contributed by atoms with Crippen LogP contribution >= 0.6 is 27.5 Å². The summed E-state index contributed by atoms with van der Waals surface area (Å²) in [5.41, 5.74) is 5.29. The number of benzene rings is 1. The van der Waals surface area contributed by atoms with Crippen molar-refractivity contribution < 1.29 is 12.8 Å². The van der Waals surface area contributed by atoms with Crippen molar-refractivity contribution in [3.63, 3.8) is 0 Å². The molecule has 0 aliphatic heterocycles. The van der Waals surface area contributed by atoms with Gasteiger partial charge in [-0.3, -0.25) is 9.71 Å². The Hall–Kier alpha value is -1.38. The van der Waals surface area contributed by atoms with Gasteiger partial charge in [-0.05, 0) is 34.1 Å². The second-order valence-electron chi connectivity index (χ2n) is 3.75. The number of halogens is 3. The first kappa shape index (κ1) is 15.0. The Bertz CT molecular complexity index is 756. The van der Waals surface area contributed by atoms with E-state index in [4.69, 9.17) is 17.3 Å². The van der Waals surface area contributed by atoms with Gasteiger partial charge >= 0.3 is 0 Å². The van der Waals surface area contributed by atoms with Gasteiger partial charge in [0.1, 0.15) is 4.90 Å². The second kappa shape index (κ2) is 5.55. The number of anilines is 2. The molecule has 0 fully saturated rings. The summed E-state index contributed by atoms with van der Waals surface area (Å²) in [6.07, 6.45) is 2.77. The van der Waals surface area contributed by atoms with Crippen molar-refractivity contribution in [1.82, 2.24) is 4.98 Å². The van der Waals surface area contributed by atoms with E-state index in [0.29, 0.717) is 0 Å². The predicted molar refractivity (Wildman–Crippen MR) is 78.6 cm³/mol. The molecule has 0 spiro atoms. The van der Waals surface area contributed by atoms with Crippen molar-refractivity contribution >= 4 is 48.9 Å². The largest absolute Gasteiger partial charge is 0.395 e. The minimum absolute atomic E-state index is 0.00420. The quantitative estimate of drug-likeness (QED) is 0.633. The van der Waals surface area contributed by atoms with E-state index in [1.54, 1.807) is 0 Å². The fraction of sp³-hybridized carbons (Fsp3) is 0. The van der Waals surface area contributed by atoms with Gasteiger partial charge in [-0.1, -0.05) is 11.6 Å². The van der Waals surface area contributed by atoms with Gasteiger partial charge in [0, 0.05) is 6.20 Å². The van der Waals surface area contributed by atoms with Crippen molar-refractivity contribution in [2.75, 3.05) is 10.5 Å². The van der Waals surface area contributed by atoms with E-state index in [1.165, 1.54) is 24.5 Å². The fourth-order valence-corrected chi connectivity index (χ4v) is 3.15. The number of nitrogen functional groups attached to an aromatic ring is 1. The molecule has 106 valence electrons. The molecule has 3 N–H and O–H groups in total. The van der Waals surface area contributed by atoms with E-state index < -0.39 is 20.7 Å². The lowest BCUT2D eigenvalue weighted by atomic mass is 10.3. The van der Waals surface area contributed by atoms with Gasteiger partial charge in [0.05, 0.1) is 27.1 Å². The van der Waals surface area contributed by atoms with Gasteiger partial charge < -0.3 is 5.73 Å². The first-order chi connectivity index (χ1) is 9.33. The molecular weight excluding hydrogens is 373 g/mol. The zero-order valence-corrected chi connectivity index (χ0v) is 12.9. The summed E-state index contributed by atoms with van der Waals surface area (Å²) in [6, 6.07) is 4.00. The SMILES string of the molecule is Nc1c(F)c(S(=O)(=O)Nc2cccnc2)cc(Cl)c1Br. The van der Waals surface area contributed by atoms with Crippen molar-refractivity contribution in [3.8, 4) is 0 Å². The lowest BCUT2D eigenvalue weighted by molar-refractivity contribution is 0.572. The third kappa shape index (κ3) is 2.87. The zero-order chi connectivity index (χ0) is 14.9. The highest BCUT2D eigenvalue weighted by Gasteiger charge is 2.24. The Balaban J connectivity index is 2.51. The maximum Gasteiger partial charge on any atom is 0.265 e. The molecule has 5 nitrogen and oxygen atoms in total. The van der Waals surface area contributed by atoms with E-state index in [9.17, 15) is 12.8 Å². The Morgan fingerprint density at radius 3 is 2.75 bits per heavy atom. The summed E-state index contributed by atoms with van der Waals surface area (Å²) in [7, 11) is -4.16. The van der Waals surface area contributed by atoms with Gasteiger partial charge in [-0.15, -0.1) is 0 Å². The summed E-state index contributed by atoms with van der Waals surface area (Å²) in [4.78, 5) is 3.12. The molecule has 2 rings (SSSR count). The van der Waals surface area contributed by atoms with Crippen LogP contribution in [-0.4, -0.2) is 13.4 Å². The number of pyridine rings is 1. The molecule has 1 aromatic heterocycles. The summed E-state index contributed by atoms with van der Waals surface area (Å²) in [5.74, 6) is -1.07. The van der Waals surface area contributed by atoms with Crippen molar-refractivity contribution in [1.29, 1.82) is 0 Å². The number of hydrogen-bond acceptors (Lipinski definition) is 4. The van der Waals surface area contributed by atoms with Crippen LogP contribution in [-0.2, 0) is 10.0 Å². The summed E-state index contributed by atoms with van der Waals surface area (Å²) in [5, 5.41) is -0.00420. The van der Waals surface area contributed by atoms with Gasteiger partial charge in [0.2, 0.25) is 0 Å². The zero-order valence-electron chi connectivity index (χ0n) is 9.77. The van der Waals surface area contributed by atoms with Crippen LogP contribution in [0.4, 0.5) is 15.8 Å². The number of nitrogens with two attached hydrogens (primary N) is 1. The maximum atomic E-state index is 14.0. The Morgan fingerprint density at radius 2 is 2.15 bits per heavy atom. The van der Waals surface area contributed by atoms with Crippen LogP contribution in [0, 0.1) is 5.82 Å². The van der Waals surface area contributed by atoms with E-state index in [2.05, 4.69) is 25.6 Å². The summed E-state index contributed by atoms with van der Waals surface area (Å²) < 4.78 is 40.5. The summed E-state index contributed by atoms with van der Waals surface area (Å²) in [6.45, 7) is 0. The molecule has 0 aliphatic carbocycles. The molecule has 0 saturated carbocycles. The molecule has 2 aromatic rings. The monoisotopic (exact) mass is 379 g/mol. The molecule has 0 unspecified atom stereocenters. The van der Waals surface area contributed by atoms with E-state index >= 15 is 0 Å². The minimum atomic E-state index is -4.16. The van der Waals surface area contributed by atoms with Crippen molar-refractivity contribution in [3.05, 3.63) is 45.9 Å². The normalized spacial score (nSPS) is 11.3. The van der Waals surface area contributed by atoms with Crippen LogP contribution in [0.2, 0.25) is 5.02 Å². The molecule has 1 heterocycles. The number of rotatable bonds is 3. The molecule has 1 aromatic carbocycles. The van der Waals surface area contributed by atoms with Gasteiger partial charge in [0.15, 0.2) is 5.82 Å². The molecule has 0 radical (unpaired) electrons. The van der Waals surface area contributed by atoms with Crippen LogP contribution in [0.5, 0.6) is 0 Å². The second-order valence-corrected chi connectivity index (χ2v) is 6.60. The first-order valence-corrected chi connectivity index (χ1v) is 7.84. The molecule has 0 aliphatic rings. The third-order valence-corrected chi connectivity index (χ3v) is 5.12. The third-order valence-electron chi connectivity index (χ3n) is 2.36. The van der Waals surface area contributed by atoms with Gasteiger partial charge in [-0.2, -0.15) is 0 Å². The molecule has 0 saturated heterocycles. The Labute approximate surface area is 128 Å². The van der Waals surface area contributed by atoms with Gasteiger partial charge in [0.25, 0.3) is 10.0 Å². The molecule has 20 heavy (non-hydrogen) atoms. The van der Waals surface area contributed by atoms with E-state index in [0.717, 1.165) is 6.07 Å². The number of nitrogens with zero attached hydrogens (tertiary/aromatic N) is 1. The molecule has 0 amide bonds. The summed E-state index contributed by atoms with van der Waals surface area (Å²) >= 11 is 8.78. The van der Waals surface area contributed by atoms with E-state index in [1.807, 2.05) is 0 Å². The molecule has 0 bridgehead atoms. The Kier molecular flexibility index (Phi) is 4.17. The van der Waals surface area contributed by atoms with Crippen molar-refractivity contribution in [2.24, 2.45) is 0 Å². The predicted octanol–water partition coefficient (Wildman–Crippen LogP) is 3.02. The number of aromatic nitrogens is 1. The van der Waals surface area contributed by atoms with Crippen LogP contribution in [0.1, 0.15) is 0 Å². The minimum Gasteiger partial charge on any atom is -0.395 e. The molecule has 0 atom stereocenters. The highest BCUT2D eigenvalue weighted by molar-refractivity contribution is 9.10.